The fourth-order valence-electron chi connectivity index (χ4n) is 2.11. The Hall–Kier alpha value is -2.07. The van der Waals surface area contributed by atoms with E-state index in [1.165, 1.54) is 11.8 Å². The highest BCUT2D eigenvalue weighted by molar-refractivity contribution is 8.00. The third-order valence-electron chi connectivity index (χ3n) is 3.52. The van der Waals surface area contributed by atoms with Crippen LogP contribution in [-0.4, -0.2) is 17.4 Å². The molecule has 112 valence electrons. The average molecular weight is 311 g/mol. The number of thioether (sulfide) groups is 1. The molecule has 2 aromatic rings. The zero-order valence-corrected chi connectivity index (χ0v) is 12.9. The molecule has 1 saturated carbocycles. The molecular formula is C18H17NO2S. The summed E-state index contributed by atoms with van der Waals surface area (Å²) in [5.74, 6) is 0.792. The number of carbonyl (C=O) groups excluding carboxylic acids is 2. The molecule has 0 unspecified atom stereocenters. The van der Waals surface area contributed by atoms with Crippen LogP contribution in [0, 0.1) is 5.92 Å². The maximum Gasteiger partial charge on any atom is 0.227 e. The zero-order valence-electron chi connectivity index (χ0n) is 12.1. The summed E-state index contributed by atoms with van der Waals surface area (Å²) < 4.78 is 0. The molecule has 4 heteroatoms. The van der Waals surface area contributed by atoms with Gasteiger partial charge in [-0.3, -0.25) is 9.59 Å². The van der Waals surface area contributed by atoms with Crippen LogP contribution in [0.15, 0.2) is 59.5 Å². The third kappa shape index (κ3) is 3.98. The first-order chi connectivity index (χ1) is 10.7. The van der Waals surface area contributed by atoms with Gasteiger partial charge in [0.1, 0.15) is 0 Å². The van der Waals surface area contributed by atoms with Gasteiger partial charge in [-0.1, -0.05) is 36.4 Å². The number of hydrogen-bond donors (Lipinski definition) is 1. The lowest BCUT2D eigenvalue weighted by Crippen LogP contribution is -2.13. The second-order valence-electron chi connectivity index (χ2n) is 5.37. The van der Waals surface area contributed by atoms with Crippen molar-refractivity contribution in [2.45, 2.75) is 17.7 Å². The molecule has 0 heterocycles. The lowest BCUT2D eigenvalue weighted by molar-refractivity contribution is -0.117. The fourth-order valence-corrected chi connectivity index (χ4v) is 2.96. The fraction of sp³-hybridized carbons (Fsp3) is 0.222. The summed E-state index contributed by atoms with van der Waals surface area (Å²) in [6.07, 6.45) is 1.98. The van der Waals surface area contributed by atoms with Crippen molar-refractivity contribution in [1.82, 2.24) is 0 Å². The number of amides is 1. The Morgan fingerprint density at radius 3 is 2.55 bits per heavy atom. The predicted octanol–water partition coefficient (Wildman–Crippen LogP) is 4.01. The van der Waals surface area contributed by atoms with E-state index in [-0.39, 0.29) is 17.6 Å². The highest BCUT2D eigenvalue weighted by Gasteiger charge is 2.29. The van der Waals surface area contributed by atoms with E-state index in [0.717, 1.165) is 29.0 Å². The van der Waals surface area contributed by atoms with Gasteiger partial charge in [0.2, 0.25) is 5.91 Å². The van der Waals surface area contributed by atoms with E-state index >= 15 is 0 Å². The summed E-state index contributed by atoms with van der Waals surface area (Å²) in [5.41, 5.74) is 1.53. The van der Waals surface area contributed by atoms with Crippen LogP contribution in [0.3, 0.4) is 0 Å². The number of hydrogen-bond acceptors (Lipinski definition) is 3. The highest BCUT2D eigenvalue weighted by atomic mass is 32.2. The highest BCUT2D eigenvalue weighted by Crippen LogP contribution is 2.30. The second kappa shape index (κ2) is 6.79. The van der Waals surface area contributed by atoms with Crippen molar-refractivity contribution in [3.05, 3.63) is 60.2 Å². The van der Waals surface area contributed by atoms with Crippen LogP contribution in [0.1, 0.15) is 23.2 Å². The quantitative estimate of drug-likeness (QED) is 0.647. The van der Waals surface area contributed by atoms with Gasteiger partial charge in [-0.2, -0.15) is 0 Å². The van der Waals surface area contributed by atoms with E-state index in [1.54, 1.807) is 0 Å². The van der Waals surface area contributed by atoms with Gasteiger partial charge in [0, 0.05) is 22.1 Å². The number of benzene rings is 2. The number of Topliss-reactive ketones (excluding diaryl/α,β-unsaturated/α-hetero) is 1. The summed E-state index contributed by atoms with van der Waals surface area (Å²) in [5, 5.41) is 2.93. The van der Waals surface area contributed by atoms with Crippen LogP contribution in [0.2, 0.25) is 0 Å². The predicted molar refractivity (Wildman–Crippen MR) is 89.3 cm³/mol. The molecule has 0 aliphatic heterocycles. The average Bonchev–Trinajstić information content (AvgIpc) is 3.39. The van der Waals surface area contributed by atoms with Crippen molar-refractivity contribution in [2.24, 2.45) is 5.92 Å². The maximum atomic E-state index is 12.1. The summed E-state index contributed by atoms with van der Waals surface area (Å²) in [6.45, 7) is 0. The van der Waals surface area contributed by atoms with E-state index in [4.69, 9.17) is 0 Å². The summed E-state index contributed by atoms with van der Waals surface area (Å²) >= 11 is 1.49. The van der Waals surface area contributed by atoms with Crippen molar-refractivity contribution in [2.75, 3.05) is 11.1 Å². The largest absolute Gasteiger partial charge is 0.326 e. The molecule has 0 bridgehead atoms. The molecule has 1 aliphatic carbocycles. The topological polar surface area (TPSA) is 46.2 Å². The van der Waals surface area contributed by atoms with E-state index in [2.05, 4.69) is 5.32 Å². The molecule has 0 aromatic heterocycles. The van der Waals surface area contributed by atoms with Gasteiger partial charge in [0.05, 0.1) is 5.75 Å². The Kier molecular flexibility index (Phi) is 4.59. The van der Waals surface area contributed by atoms with Crippen LogP contribution in [-0.2, 0) is 4.79 Å². The second-order valence-corrected chi connectivity index (χ2v) is 6.42. The van der Waals surface area contributed by atoms with Gasteiger partial charge >= 0.3 is 0 Å². The van der Waals surface area contributed by atoms with Crippen LogP contribution in [0.4, 0.5) is 5.69 Å². The van der Waals surface area contributed by atoms with Gasteiger partial charge in [0.25, 0.3) is 0 Å². The molecule has 3 rings (SSSR count). The minimum Gasteiger partial charge on any atom is -0.326 e. The lowest BCUT2D eigenvalue weighted by atomic mass is 10.2. The maximum absolute atomic E-state index is 12.1. The standard InChI is InChI=1S/C18H17NO2S/c20-17(13-5-2-1-3-6-13)12-22-16-8-4-7-15(11-16)19-18(21)14-9-10-14/h1-8,11,14H,9-10,12H2,(H,19,21). The Morgan fingerprint density at radius 1 is 1.05 bits per heavy atom. The monoisotopic (exact) mass is 311 g/mol. The Balaban J connectivity index is 1.58. The van der Waals surface area contributed by atoms with Crippen LogP contribution in [0.5, 0.6) is 0 Å². The third-order valence-corrected chi connectivity index (χ3v) is 4.51. The van der Waals surface area contributed by atoms with Crippen molar-refractivity contribution in [3.8, 4) is 0 Å². The van der Waals surface area contributed by atoms with E-state index in [0.29, 0.717) is 5.75 Å². The van der Waals surface area contributed by atoms with Gasteiger partial charge in [-0.15, -0.1) is 11.8 Å². The summed E-state index contributed by atoms with van der Waals surface area (Å²) in [6, 6.07) is 16.9. The number of rotatable bonds is 6. The van der Waals surface area contributed by atoms with E-state index < -0.39 is 0 Å². The van der Waals surface area contributed by atoms with Gasteiger partial charge < -0.3 is 5.32 Å². The smallest absolute Gasteiger partial charge is 0.227 e. The number of anilines is 1. The first kappa shape index (κ1) is 14.9. The van der Waals surface area contributed by atoms with Crippen molar-refractivity contribution in [1.29, 1.82) is 0 Å². The molecule has 3 nitrogen and oxygen atoms in total. The molecule has 1 N–H and O–H groups in total. The van der Waals surface area contributed by atoms with Gasteiger partial charge in [-0.05, 0) is 31.0 Å². The van der Waals surface area contributed by atoms with Gasteiger partial charge in [0.15, 0.2) is 5.78 Å². The Bertz CT molecular complexity index is 680. The minimum atomic E-state index is 0.0995. The normalized spacial score (nSPS) is 13.6. The van der Waals surface area contributed by atoms with E-state index in [1.807, 2.05) is 54.6 Å². The summed E-state index contributed by atoms with van der Waals surface area (Å²) in [4.78, 5) is 24.8. The SMILES string of the molecule is O=C(CSc1cccc(NC(=O)C2CC2)c1)c1ccccc1. The first-order valence-corrected chi connectivity index (χ1v) is 8.33. The van der Waals surface area contributed by atoms with E-state index in [9.17, 15) is 9.59 Å². The molecule has 0 spiro atoms. The van der Waals surface area contributed by atoms with Crippen LogP contribution >= 0.6 is 11.8 Å². The molecular weight excluding hydrogens is 294 g/mol. The molecule has 0 saturated heterocycles. The number of ketones is 1. The Labute approximate surface area is 134 Å². The van der Waals surface area contributed by atoms with Crippen LogP contribution < -0.4 is 5.32 Å². The molecule has 1 aliphatic rings. The molecule has 0 radical (unpaired) electrons. The number of nitrogens with one attached hydrogen (secondary N) is 1. The molecule has 1 amide bonds. The zero-order chi connectivity index (χ0) is 15.4. The minimum absolute atomic E-state index is 0.0995. The molecule has 2 aromatic carbocycles. The molecule has 0 atom stereocenters. The van der Waals surface area contributed by atoms with Crippen LogP contribution in [0.25, 0.3) is 0 Å². The lowest BCUT2D eigenvalue weighted by Gasteiger charge is -2.07. The summed E-state index contributed by atoms with van der Waals surface area (Å²) in [7, 11) is 0. The Morgan fingerprint density at radius 2 is 1.82 bits per heavy atom. The van der Waals surface area contributed by atoms with Gasteiger partial charge in [-0.25, -0.2) is 0 Å². The first-order valence-electron chi connectivity index (χ1n) is 7.34. The van der Waals surface area contributed by atoms with Crippen molar-refractivity contribution >= 4 is 29.1 Å². The van der Waals surface area contributed by atoms with Crippen molar-refractivity contribution < 1.29 is 9.59 Å². The van der Waals surface area contributed by atoms with Crippen molar-refractivity contribution in [3.63, 3.8) is 0 Å². The number of carbonyl (C=O) groups is 2. The molecule has 22 heavy (non-hydrogen) atoms. The molecule has 1 fully saturated rings.